The zero-order chi connectivity index (χ0) is 31.9. The predicted molar refractivity (Wildman–Crippen MR) is 161 cm³/mol. The second kappa shape index (κ2) is 11.7. The van der Waals surface area contributed by atoms with Crippen LogP contribution in [0.3, 0.4) is 0 Å². The van der Waals surface area contributed by atoms with Crippen molar-refractivity contribution in [2.24, 2.45) is 0 Å². The van der Waals surface area contributed by atoms with E-state index in [1.165, 1.54) is 18.2 Å². The van der Waals surface area contributed by atoms with Crippen molar-refractivity contribution in [3.8, 4) is 11.3 Å². The maximum Gasteiger partial charge on any atom is 0.416 e. The van der Waals surface area contributed by atoms with Crippen LogP contribution in [0.4, 0.5) is 24.8 Å². The van der Waals surface area contributed by atoms with Crippen molar-refractivity contribution in [1.29, 1.82) is 0 Å². The number of hydrogen-bond donors (Lipinski definition) is 2. The SMILES string of the molecule is C=CC(=O)N1C(c2nc(-c3ccc(C(=O)Nc4cc(C(F)(F)F)ccn4)cc3)c3c(N)nccn23)[C@H](C)N(C(C)C)C[C@@H]1C. The van der Waals surface area contributed by atoms with Crippen LogP contribution in [0.25, 0.3) is 16.8 Å². The Morgan fingerprint density at radius 2 is 1.82 bits per heavy atom. The molecule has 1 aliphatic heterocycles. The van der Waals surface area contributed by atoms with E-state index in [0.717, 1.165) is 18.3 Å². The topological polar surface area (TPSA) is 122 Å². The molecule has 0 saturated carbocycles. The number of anilines is 2. The molecule has 3 N–H and O–H groups in total. The first-order valence-electron chi connectivity index (χ1n) is 14.1. The number of halogens is 3. The Kier molecular flexibility index (Phi) is 8.17. The Labute approximate surface area is 252 Å². The number of nitrogen functional groups attached to an aromatic ring is 1. The molecule has 4 heterocycles. The molecule has 5 rings (SSSR count). The highest BCUT2D eigenvalue weighted by Crippen LogP contribution is 2.38. The largest absolute Gasteiger partial charge is 0.416 e. The number of nitrogens with one attached hydrogen (secondary N) is 1. The Hall–Kier alpha value is -4.78. The number of carbonyl (C=O) groups excluding carboxylic acids is 2. The van der Waals surface area contributed by atoms with Gasteiger partial charge in [-0.1, -0.05) is 18.7 Å². The van der Waals surface area contributed by atoms with Gasteiger partial charge in [0.25, 0.3) is 5.91 Å². The van der Waals surface area contributed by atoms with Crippen molar-refractivity contribution in [3.05, 3.63) is 84.6 Å². The average molecular weight is 607 g/mol. The lowest BCUT2D eigenvalue weighted by atomic mass is 9.96. The number of pyridine rings is 1. The van der Waals surface area contributed by atoms with Crippen molar-refractivity contribution in [2.45, 2.75) is 58.0 Å². The van der Waals surface area contributed by atoms with Crippen LogP contribution in [-0.4, -0.2) is 65.6 Å². The van der Waals surface area contributed by atoms with E-state index in [1.54, 1.807) is 29.4 Å². The molecule has 1 aromatic carbocycles. The summed E-state index contributed by atoms with van der Waals surface area (Å²) in [6, 6.07) is 7.58. The minimum absolute atomic E-state index is 0.0986. The van der Waals surface area contributed by atoms with E-state index in [0.29, 0.717) is 29.1 Å². The molecule has 3 atom stereocenters. The summed E-state index contributed by atoms with van der Waals surface area (Å²) in [5.74, 6) is -0.220. The van der Waals surface area contributed by atoms with Crippen molar-refractivity contribution in [1.82, 2.24) is 29.2 Å². The number of alkyl halides is 3. The number of amides is 2. The number of benzene rings is 1. The van der Waals surface area contributed by atoms with Crippen LogP contribution >= 0.6 is 0 Å². The summed E-state index contributed by atoms with van der Waals surface area (Å²) in [6.45, 7) is 12.7. The van der Waals surface area contributed by atoms with Gasteiger partial charge >= 0.3 is 6.18 Å². The number of carbonyl (C=O) groups is 2. The number of fused-ring (bicyclic) bond motifs is 1. The van der Waals surface area contributed by atoms with Gasteiger partial charge in [-0.3, -0.25) is 18.9 Å². The number of aromatic nitrogens is 4. The van der Waals surface area contributed by atoms with Gasteiger partial charge in [-0.05, 0) is 58.0 Å². The number of hydrogen-bond acceptors (Lipinski definition) is 7. The van der Waals surface area contributed by atoms with Crippen molar-refractivity contribution < 1.29 is 22.8 Å². The van der Waals surface area contributed by atoms with E-state index in [4.69, 9.17) is 10.7 Å². The van der Waals surface area contributed by atoms with Crippen LogP contribution in [0.5, 0.6) is 0 Å². The molecule has 1 aliphatic rings. The first-order chi connectivity index (χ1) is 20.8. The molecule has 10 nitrogen and oxygen atoms in total. The monoisotopic (exact) mass is 606 g/mol. The fraction of sp³-hybridized carbons (Fsp3) is 0.323. The van der Waals surface area contributed by atoms with Gasteiger partial charge in [0.15, 0.2) is 0 Å². The molecule has 2 amide bonds. The fourth-order valence-electron chi connectivity index (χ4n) is 5.87. The molecule has 0 aliphatic carbocycles. The molecule has 230 valence electrons. The molecule has 3 aromatic heterocycles. The lowest BCUT2D eigenvalue weighted by Crippen LogP contribution is -2.61. The van der Waals surface area contributed by atoms with Crippen LogP contribution < -0.4 is 11.1 Å². The van der Waals surface area contributed by atoms with Gasteiger partial charge < -0.3 is 16.0 Å². The number of piperazine rings is 1. The van der Waals surface area contributed by atoms with Crippen LogP contribution in [-0.2, 0) is 11.0 Å². The second-order valence-corrected chi connectivity index (χ2v) is 11.1. The molecule has 0 radical (unpaired) electrons. The fourth-order valence-corrected chi connectivity index (χ4v) is 5.87. The first kappa shape index (κ1) is 30.7. The Balaban J connectivity index is 1.53. The minimum Gasteiger partial charge on any atom is -0.382 e. The van der Waals surface area contributed by atoms with E-state index >= 15 is 0 Å². The van der Waals surface area contributed by atoms with Crippen LogP contribution in [0.15, 0.2) is 67.6 Å². The molecule has 4 aromatic rings. The van der Waals surface area contributed by atoms with Crippen LogP contribution in [0.1, 0.15) is 55.5 Å². The standard InChI is InChI=1S/C31H33F3N8O2/c1-6-24(43)42-18(4)16-41(17(2)3)19(5)26(42)29-39-25(27-28(35)37-13-14-40(27)29)20-7-9-21(10-8-20)30(44)38-23-15-22(11-12-36-23)31(32,33)34/h6-15,17-19,26H,1,16H2,2-5H3,(H2,35,37)(H,36,38,44)/t18-,19-,26?/m0/s1. The second-order valence-electron chi connectivity index (χ2n) is 11.1. The predicted octanol–water partition coefficient (Wildman–Crippen LogP) is 5.20. The molecule has 1 saturated heterocycles. The quantitative estimate of drug-likeness (QED) is 0.289. The third-order valence-electron chi connectivity index (χ3n) is 7.95. The van der Waals surface area contributed by atoms with Crippen molar-refractivity contribution in [2.75, 3.05) is 17.6 Å². The summed E-state index contributed by atoms with van der Waals surface area (Å²) >= 11 is 0. The molecular weight excluding hydrogens is 573 g/mol. The van der Waals surface area contributed by atoms with Crippen LogP contribution in [0.2, 0.25) is 0 Å². The lowest BCUT2D eigenvalue weighted by Gasteiger charge is -2.50. The molecule has 1 unspecified atom stereocenters. The summed E-state index contributed by atoms with van der Waals surface area (Å²) in [5.41, 5.74) is 7.33. The summed E-state index contributed by atoms with van der Waals surface area (Å²) in [6.07, 6.45) is 1.06. The third-order valence-corrected chi connectivity index (χ3v) is 7.95. The van der Waals surface area contributed by atoms with Gasteiger partial charge in [-0.15, -0.1) is 0 Å². The summed E-state index contributed by atoms with van der Waals surface area (Å²) in [5, 5.41) is 2.41. The Bertz CT molecular complexity index is 1720. The number of nitrogens with zero attached hydrogens (tertiary/aromatic N) is 6. The number of imidazole rings is 1. The highest BCUT2D eigenvalue weighted by molar-refractivity contribution is 6.04. The number of nitrogens with two attached hydrogens (primary N) is 1. The van der Waals surface area contributed by atoms with E-state index in [2.05, 4.69) is 47.5 Å². The average Bonchev–Trinajstić information content (AvgIpc) is 3.37. The summed E-state index contributed by atoms with van der Waals surface area (Å²) in [7, 11) is 0. The maximum atomic E-state index is 13.2. The normalized spacial score (nSPS) is 19.4. The van der Waals surface area contributed by atoms with Crippen molar-refractivity contribution >= 4 is 29.0 Å². The molecule has 0 spiro atoms. The van der Waals surface area contributed by atoms with Gasteiger partial charge in [0.1, 0.15) is 34.7 Å². The van der Waals surface area contributed by atoms with E-state index in [1.807, 2.05) is 11.3 Å². The Morgan fingerprint density at radius 3 is 2.45 bits per heavy atom. The molecule has 13 heteroatoms. The van der Waals surface area contributed by atoms with Crippen LogP contribution in [0, 0.1) is 0 Å². The van der Waals surface area contributed by atoms with Gasteiger partial charge in [0.2, 0.25) is 5.91 Å². The van der Waals surface area contributed by atoms with Gasteiger partial charge in [-0.2, -0.15) is 13.2 Å². The lowest BCUT2D eigenvalue weighted by molar-refractivity contribution is -0.139. The smallest absolute Gasteiger partial charge is 0.382 e. The van der Waals surface area contributed by atoms with Gasteiger partial charge in [-0.25, -0.2) is 15.0 Å². The van der Waals surface area contributed by atoms with E-state index < -0.39 is 23.7 Å². The highest BCUT2D eigenvalue weighted by Gasteiger charge is 2.43. The van der Waals surface area contributed by atoms with E-state index in [-0.39, 0.29) is 41.2 Å². The first-order valence-corrected chi connectivity index (χ1v) is 14.1. The van der Waals surface area contributed by atoms with Crippen molar-refractivity contribution in [3.63, 3.8) is 0 Å². The Morgan fingerprint density at radius 1 is 1.11 bits per heavy atom. The zero-order valence-corrected chi connectivity index (χ0v) is 24.7. The third kappa shape index (κ3) is 5.62. The molecule has 44 heavy (non-hydrogen) atoms. The van der Waals surface area contributed by atoms with E-state index in [9.17, 15) is 22.8 Å². The minimum atomic E-state index is -4.57. The molecule has 1 fully saturated rings. The highest BCUT2D eigenvalue weighted by atomic mass is 19.4. The van der Waals surface area contributed by atoms with Gasteiger partial charge in [0.05, 0.1) is 5.56 Å². The zero-order valence-electron chi connectivity index (χ0n) is 24.7. The maximum absolute atomic E-state index is 13.2. The summed E-state index contributed by atoms with van der Waals surface area (Å²) < 4.78 is 41.1. The molecule has 0 bridgehead atoms. The number of rotatable bonds is 6. The van der Waals surface area contributed by atoms with Gasteiger partial charge in [0, 0.05) is 54.4 Å². The summed E-state index contributed by atoms with van der Waals surface area (Å²) in [4.78, 5) is 43.3. The molecular formula is C31H33F3N8O2.